The van der Waals surface area contributed by atoms with Crippen molar-refractivity contribution in [3.05, 3.63) is 33.8 Å². The zero-order chi connectivity index (χ0) is 10.0. The second-order valence-electron chi connectivity index (χ2n) is 2.56. The maximum Gasteiger partial charge on any atom is 0.257 e. The SMILES string of the molecule is NC(c1cc(Cl)cc(Cl)c1)C(F)F. The molecule has 2 N–H and O–H groups in total. The summed E-state index contributed by atoms with van der Waals surface area (Å²) < 4.78 is 24.3. The summed E-state index contributed by atoms with van der Waals surface area (Å²) in [6, 6.07) is 2.88. The molecular weight excluding hydrogens is 219 g/mol. The number of nitrogens with two attached hydrogens (primary N) is 1. The topological polar surface area (TPSA) is 26.0 Å². The van der Waals surface area contributed by atoms with Crippen molar-refractivity contribution in [2.24, 2.45) is 5.73 Å². The number of alkyl halides is 2. The Balaban J connectivity index is 3.01. The normalized spacial score (nSPS) is 13.4. The molecule has 0 aliphatic carbocycles. The molecule has 1 atom stereocenters. The van der Waals surface area contributed by atoms with Crippen molar-refractivity contribution < 1.29 is 8.78 Å². The van der Waals surface area contributed by atoms with Crippen LogP contribution in [0.3, 0.4) is 0 Å². The average Bonchev–Trinajstić information content (AvgIpc) is 2.01. The second kappa shape index (κ2) is 4.22. The Kier molecular flexibility index (Phi) is 3.47. The van der Waals surface area contributed by atoms with Gasteiger partial charge in [-0.1, -0.05) is 23.2 Å². The van der Waals surface area contributed by atoms with Crippen LogP contribution in [0.2, 0.25) is 10.0 Å². The van der Waals surface area contributed by atoms with Crippen molar-refractivity contribution in [2.75, 3.05) is 0 Å². The lowest BCUT2D eigenvalue weighted by atomic mass is 10.1. The zero-order valence-electron chi connectivity index (χ0n) is 6.48. The molecule has 0 bridgehead atoms. The van der Waals surface area contributed by atoms with Crippen LogP contribution in [0.5, 0.6) is 0 Å². The Morgan fingerprint density at radius 1 is 1.08 bits per heavy atom. The summed E-state index contributed by atoms with van der Waals surface area (Å²) in [5.74, 6) is 0. The standard InChI is InChI=1S/C8H7Cl2F2N/c9-5-1-4(2-6(10)3-5)7(13)8(11)12/h1-3,7-8H,13H2. The van der Waals surface area contributed by atoms with E-state index >= 15 is 0 Å². The molecule has 1 unspecified atom stereocenters. The molecule has 0 saturated heterocycles. The first-order valence-electron chi connectivity index (χ1n) is 3.50. The van der Waals surface area contributed by atoms with E-state index in [1.165, 1.54) is 18.2 Å². The van der Waals surface area contributed by atoms with E-state index in [2.05, 4.69) is 0 Å². The molecule has 0 aromatic heterocycles. The Labute approximate surface area is 84.4 Å². The Morgan fingerprint density at radius 3 is 1.92 bits per heavy atom. The lowest BCUT2D eigenvalue weighted by Crippen LogP contribution is -2.18. The third-order valence-electron chi connectivity index (χ3n) is 1.54. The minimum atomic E-state index is -2.62. The van der Waals surface area contributed by atoms with Gasteiger partial charge in [-0.3, -0.25) is 0 Å². The average molecular weight is 226 g/mol. The highest BCUT2D eigenvalue weighted by atomic mass is 35.5. The van der Waals surface area contributed by atoms with Crippen LogP contribution in [0.15, 0.2) is 18.2 Å². The maximum atomic E-state index is 12.2. The molecule has 0 heterocycles. The molecule has 72 valence electrons. The molecule has 0 radical (unpaired) electrons. The van der Waals surface area contributed by atoms with E-state index in [0.29, 0.717) is 10.0 Å². The molecule has 5 heteroatoms. The largest absolute Gasteiger partial charge is 0.319 e. The van der Waals surface area contributed by atoms with Crippen LogP contribution in [-0.4, -0.2) is 6.43 Å². The zero-order valence-corrected chi connectivity index (χ0v) is 7.99. The molecule has 0 saturated carbocycles. The van der Waals surface area contributed by atoms with Crippen molar-refractivity contribution in [1.82, 2.24) is 0 Å². The van der Waals surface area contributed by atoms with Gasteiger partial charge in [0.1, 0.15) is 0 Å². The first-order chi connectivity index (χ1) is 6.00. The van der Waals surface area contributed by atoms with Gasteiger partial charge < -0.3 is 5.73 Å². The molecule has 13 heavy (non-hydrogen) atoms. The van der Waals surface area contributed by atoms with Crippen LogP contribution in [0.1, 0.15) is 11.6 Å². The van der Waals surface area contributed by atoms with Gasteiger partial charge in [0.05, 0.1) is 6.04 Å². The molecule has 0 fully saturated rings. The predicted molar refractivity (Wildman–Crippen MR) is 49.4 cm³/mol. The van der Waals surface area contributed by atoms with Gasteiger partial charge in [0.15, 0.2) is 0 Å². The molecule has 0 amide bonds. The van der Waals surface area contributed by atoms with Gasteiger partial charge in [-0.15, -0.1) is 0 Å². The predicted octanol–water partition coefficient (Wildman–Crippen LogP) is 3.26. The quantitative estimate of drug-likeness (QED) is 0.822. The van der Waals surface area contributed by atoms with Crippen LogP contribution in [0.4, 0.5) is 8.78 Å². The van der Waals surface area contributed by atoms with Crippen molar-refractivity contribution in [3.8, 4) is 0 Å². The van der Waals surface area contributed by atoms with Gasteiger partial charge in [0, 0.05) is 10.0 Å². The molecule has 0 spiro atoms. The number of hydrogen-bond donors (Lipinski definition) is 1. The third-order valence-corrected chi connectivity index (χ3v) is 1.98. The van der Waals surface area contributed by atoms with Gasteiger partial charge in [-0.05, 0) is 23.8 Å². The summed E-state index contributed by atoms with van der Waals surface area (Å²) in [5.41, 5.74) is 5.45. The summed E-state index contributed by atoms with van der Waals surface area (Å²) in [6.07, 6.45) is -2.62. The smallest absolute Gasteiger partial charge is 0.257 e. The van der Waals surface area contributed by atoms with Gasteiger partial charge in [0.25, 0.3) is 6.43 Å². The van der Waals surface area contributed by atoms with Crippen molar-refractivity contribution in [3.63, 3.8) is 0 Å². The van der Waals surface area contributed by atoms with Crippen LogP contribution >= 0.6 is 23.2 Å². The van der Waals surface area contributed by atoms with E-state index < -0.39 is 12.5 Å². The van der Waals surface area contributed by atoms with Gasteiger partial charge in [-0.2, -0.15) is 0 Å². The molecule has 1 aromatic carbocycles. The maximum absolute atomic E-state index is 12.2. The number of hydrogen-bond acceptors (Lipinski definition) is 1. The van der Waals surface area contributed by atoms with Gasteiger partial charge in [0.2, 0.25) is 0 Å². The van der Waals surface area contributed by atoms with Gasteiger partial charge >= 0.3 is 0 Å². The van der Waals surface area contributed by atoms with E-state index in [1.807, 2.05) is 0 Å². The van der Waals surface area contributed by atoms with Crippen LogP contribution in [0.25, 0.3) is 0 Å². The molecule has 1 nitrogen and oxygen atoms in total. The van der Waals surface area contributed by atoms with Crippen molar-refractivity contribution in [2.45, 2.75) is 12.5 Å². The van der Waals surface area contributed by atoms with E-state index in [9.17, 15) is 8.78 Å². The minimum Gasteiger partial charge on any atom is -0.319 e. The van der Waals surface area contributed by atoms with Gasteiger partial charge in [-0.25, -0.2) is 8.78 Å². The van der Waals surface area contributed by atoms with E-state index in [0.717, 1.165) is 0 Å². The molecule has 0 aliphatic rings. The van der Waals surface area contributed by atoms with Crippen LogP contribution < -0.4 is 5.73 Å². The Morgan fingerprint density at radius 2 is 1.54 bits per heavy atom. The van der Waals surface area contributed by atoms with E-state index in [4.69, 9.17) is 28.9 Å². The second-order valence-corrected chi connectivity index (χ2v) is 3.44. The highest BCUT2D eigenvalue weighted by Gasteiger charge is 2.17. The molecule has 1 aromatic rings. The Bertz CT molecular complexity index is 284. The molecular formula is C8H7Cl2F2N. The molecule has 1 rings (SSSR count). The third kappa shape index (κ3) is 2.79. The number of rotatable bonds is 2. The summed E-state index contributed by atoms with van der Waals surface area (Å²) >= 11 is 11.2. The first-order valence-corrected chi connectivity index (χ1v) is 4.26. The fourth-order valence-electron chi connectivity index (χ4n) is 0.913. The number of benzene rings is 1. The lowest BCUT2D eigenvalue weighted by molar-refractivity contribution is 0.116. The summed E-state index contributed by atoms with van der Waals surface area (Å²) in [5, 5.41) is 0.609. The highest BCUT2D eigenvalue weighted by Crippen LogP contribution is 2.25. The van der Waals surface area contributed by atoms with Crippen molar-refractivity contribution >= 4 is 23.2 Å². The van der Waals surface area contributed by atoms with Crippen LogP contribution in [0, 0.1) is 0 Å². The molecule has 0 aliphatic heterocycles. The Hall–Kier alpha value is -0.380. The minimum absolute atomic E-state index is 0.243. The fourth-order valence-corrected chi connectivity index (χ4v) is 1.46. The first kappa shape index (κ1) is 10.7. The summed E-state index contributed by atoms with van der Waals surface area (Å²) in [4.78, 5) is 0. The summed E-state index contributed by atoms with van der Waals surface area (Å²) in [7, 11) is 0. The van der Waals surface area contributed by atoms with Crippen molar-refractivity contribution in [1.29, 1.82) is 0 Å². The number of halogens is 4. The fraction of sp³-hybridized carbons (Fsp3) is 0.250. The monoisotopic (exact) mass is 225 g/mol. The lowest BCUT2D eigenvalue weighted by Gasteiger charge is -2.11. The summed E-state index contributed by atoms with van der Waals surface area (Å²) in [6.45, 7) is 0. The highest BCUT2D eigenvalue weighted by molar-refractivity contribution is 6.34. The van der Waals surface area contributed by atoms with E-state index in [1.54, 1.807) is 0 Å². The van der Waals surface area contributed by atoms with E-state index in [-0.39, 0.29) is 5.56 Å². The van der Waals surface area contributed by atoms with Crippen LogP contribution in [-0.2, 0) is 0 Å².